The van der Waals surface area contributed by atoms with Crippen molar-refractivity contribution in [2.75, 3.05) is 45.1 Å². The molecule has 3 heterocycles. The van der Waals surface area contributed by atoms with Gasteiger partial charge >= 0.3 is 0 Å². The molecule has 6 nitrogen and oxygen atoms in total. The van der Waals surface area contributed by atoms with Gasteiger partial charge in [0.2, 0.25) is 0 Å². The van der Waals surface area contributed by atoms with Crippen molar-refractivity contribution in [2.45, 2.75) is 6.92 Å². The van der Waals surface area contributed by atoms with E-state index in [1.165, 1.54) is 0 Å². The molecule has 1 N–H and O–H groups in total. The van der Waals surface area contributed by atoms with Crippen LogP contribution in [0.4, 0.5) is 5.82 Å². The second-order valence-electron chi connectivity index (χ2n) is 7.69. The molecule has 0 spiro atoms. The molecule has 3 aromatic rings. The number of imidazole rings is 1. The van der Waals surface area contributed by atoms with Gasteiger partial charge in [0.05, 0.1) is 11.9 Å². The summed E-state index contributed by atoms with van der Waals surface area (Å²) < 4.78 is 2.11. The fourth-order valence-corrected chi connectivity index (χ4v) is 3.64. The third kappa shape index (κ3) is 3.93. The summed E-state index contributed by atoms with van der Waals surface area (Å²) in [7, 11) is 4.22. The normalized spacial score (nSPS) is 15.8. The maximum Gasteiger partial charge on any atom is 0.130 e. The topological polar surface area (TPSA) is 49.2 Å². The largest absolute Gasteiger partial charge is 0.343 e. The van der Waals surface area contributed by atoms with Crippen LogP contribution in [-0.4, -0.2) is 64.1 Å². The lowest BCUT2D eigenvalue weighted by atomic mass is 10.1. The lowest BCUT2D eigenvalue weighted by molar-refractivity contribution is 0.164. The Kier molecular flexibility index (Phi) is 5.15. The van der Waals surface area contributed by atoms with Crippen molar-refractivity contribution in [2.24, 2.45) is 7.05 Å². The number of anilines is 1. The summed E-state index contributed by atoms with van der Waals surface area (Å²) in [6.07, 6.45) is 3.84. The summed E-state index contributed by atoms with van der Waals surface area (Å²) in [6, 6.07) is 8.53. The molecule has 2 aromatic heterocycles. The van der Waals surface area contributed by atoms with Crippen LogP contribution in [0.25, 0.3) is 22.0 Å². The van der Waals surface area contributed by atoms with Gasteiger partial charge in [0, 0.05) is 62.6 Å². The van der Waals surface area contributed by atoms with Crippen molar-refractivity contribution in [3.05, 3.63) is 54.8 Å². The van der Waals surface area contributed by atoms with E-state index in [2.05, 4.69) is 67.5 Å². The van der Waals surface area contributed by atoms with E-state index in [0.717, 1.165) is 72.1 Å². The number of rotatable bonds is 5. The van der Waals surface area contributed by atoms with Crippen LogP contribution < -0.4 is 5.32 Å². The van der Waals surface area contributed by atoms with Gasteiger partial charge in [-0.25, -0.2) is 9.97 Å². The van der Waals surface area contributed by atoms with Crippen molar-refractivity contribution < 1.29 is 0 Å². The smallest absolute Gasteiger partial charge is 0.130 e. The molecule has 1 aliphatic rings. The first-order chi connectivity index (χ1) is 13.5. The number of benzene rings is 1. The number of pyridine rings is 1. The monoisotopic (exact) mass is 376 g/mol. The SMILES string of the molecule is C=C(CN1CCN(C)CC1)Nc1cc2cc(-c3cnc(C)n3C)ccc2cn1. The first-order valence-electron chi connectivity index (χ1n) is 9.74. The van der Waals surface area contributed by atoms with Crippen LogP contribution in [0.5, 0.6) is 0 Å². The molecule has 146 valence electrons. The Bertz CT molecular complexity index is 997. The van der Waals surface area contributed by atoms with Crippen molar-refractivity contribution >= 4 is 16.6 Å². The summed E-state index contributed by atoms with van der Waals surface area (Å²) in [4.78, 5) is 13.8. The maximum atomic E-state index is 4.56. The third-order valence-corrected chi connectivity index (χ3v) is 5.55. The number of aryl methyl sites for hydroxylation is 1. The molecule has 0 saturated carbocycles. The van der Waals surface area contributed by atoms with Crippen LogP contribution >= 0.6 is 0 Å². The highest BCUT2D eigenvalue weighted by Gasteiger charge is 2.14. The van der Waals surface area contributed by atoms with E-state index in [9.17, 15) is 0 Å². The lowest BCUT2D eigenvalue weighted by Crippen LogP contribution is -2.45. The number of fused-ring (bicyclic) bond motifs is 1. The second-order valence-corrected chi connectivity index (χ2v) is 7.69. The van der Waals surface area contributed by atoms with Gasteiger partial charge in [-0.15, -0.1) is 0 Å². The minimum atomic E-state index is 0.838. The Hall–Kier alpha value is -2.70. The van der Waals surface area contributed by atoms with Gasteiger partial charge in [0.15, 0.2) is 0 Å². The Balaban J connectivity index is 1.50. The lowest BCUT2D eigenvalue weighted by Gasteiger charge is -2.32. The number of piperazine rings is 1. The van der Waals surface area contributed by atoms with Crippen molar-refractivity contribution in [1.29, 1.82) is 0 Å². The maximum absolute atomic E-state index is 4.56. The predicted molar refractivity (Wildman–Crippen MR) is 115 cm³/mol. The summed E-state index contributed by atoms with van der Waals surface area (Å²) in [5.41, 5.74) is 3.25. The zero-order valence-corrected chi connectivity index (χ0v) is 16.9. The van der Waals surface area contributed by atoms with E-state index in [0.29, 0.717) is 0 Å². The number of aromatic nitrogens is 3. The highest BCUT2D eigenvalue weighted by molar-refractivity contribution is 5.88. The van der Waals surface area contributed by atoms with E-state index in [1.54, 1.807) is 0 Å². The average molecular weight is 377 g/mol. The van der Waals surface area contributed by atoms with Crippen LogP contribution in [0.2, 0.25) is 0 Å². The number of likely N-dealkylation sites (N-methyl/N-ethyl adjacent to an activating group) is 1. The van der Waals surface area contributed by atoms with Crippen LogP contribution in [0.3, 0.4) is 0 Å². The third-order valence-electron chi connectivity index (χ3n) is 5.55. The summed E-state index contributed by atoms with van der Waals surface area (Å²) in [6.45, 7) is 11.4. The van der Waals surface area contributed by atoms with Crippen LogP contribution in [0.15, 0.2) is 48.9 Å². The zero-order valence-electron chi connectivity index (χ0n) is 16.9. The number of hydrogen-bond donors (Lipinski definition) is 1. The molecule has 1 saturated heterocycles. The molecule has 4 rings (SSSR count). The van der Waals surface area contributed by atoms with E-state index in [1.807, 2.05) is 26.4 Å². The summed E-state index contributed by atoms with van der Waals surface area (Å²) in [5, 5.41) is 5.67. The number of nitrogens with zero attached hydrogens (tertiary/aromatic N) is 5. The van der Waals surface area contributed by atoms with Gasteiger partial charge < -0.3 is 14.8 Å². The van der Waals surface area contributed by atoms with E-state index in [-0.39, 0.29) is 0 Å². The molecular weight excluding hydrogens is 348 g/mol. The van der Waals surface area contributed by atoms with Gasteiger partial charge in [-0.1, -0.05) is 18.7 Å². The number of nitrogens with one attached hydrogen (secondary N) is 1. The fraction of sp³-hybridized carbons (Fsp3) is 0.364. The van der Waals surface area contributed by atoms with Gasteiger partial charge in [0.1, 0.15) is 11.6 Å². The van der Waals surface area contributed by atoms with Gasteiger partial charge in [0.25, 0.3) is 0 Å². The van der Waals surface area contributed by atoms with Gasteiger partial charge in [-0.2, -0.15) is 0 Å². The average Bonchev–Trinajstić information content (AvgIpc) is 3.02. The molecule has 0 unspecified atom stereocenters. The van der Waals surface area contributed by atoms with Gasteiger partial charge in [-0.3, -0.25) is 4.90 Å². The minimum absolute atomic E-state index is 0.838. The molecule has 0 amide bonds. The molecule has 0 radical (unpaired) electrons. The summed E-state index contributed by atoms with van der Waals surface area (Å²) >= 11 is 0. The Morgan fingerprint density at radius 1 is 1.04 bits per heavy atom. The second kappa shape index (κ2) is 7.73. The molecule has 28 heavy (non-hydrogen) atoms. The van der Waals surface area contributed by atoms with Crippen molar-refractivity contribution in [3.8, 4) is 11.3 Å². The highest BCUT2D eigenvalue weighted by Crippen LogP contribution is 2.26. The highest BCUT2D eigenvalue weighted by atomic mass is 15.3. The van der Waals surface area contributed by atoms with E-state index in [4.69, 9.17) is 0 Å². The molecule has 1 aliphatic heterocycles. The van der Waals surface area contributed by atoms with E-state index < -0.39 is 0 Å². The summed E-state index contributed by atoms with van der Waals surface area (Å²) in [5.74, 6) is 1.84. The quantitative estimate of drug-likeness (QED) is 0.741. The Morgan fingerprint density at radius 3 is 2.54 bits per heavy atom. The minimum Gasteiger partial charge on any atom is -0.343 e. The molecule has 0 bridgehead atoms. The Labute approximate surface area is 166 Å². The van der Waals surface area contributed by atoms with Crippen molar-refractivity contribution in [1.82, 2.24) is 24.3 Å². The predicted octanol–water partition coefficient (Wildman–Crippen LogP) is 3.12. The zero-order chi connectivity index (χ0) is 19.7. The molecule has 1 fully saturated rings. The standard InChI is InChI=1S/C22H28N6/c1-16(15-28-9-7-26(3)8-10-28)25-22-12-20-11-18(5-6-19(20)13-24-22)21-14-23-17(2)27(21)4/h5-6,11-14H,1,7-10,15H2,2-4H3,(H,24,25). The first-order valence-corrected chi connectivity index (χ1v) is 9.74. The van der Waals surface area contributed by atoms with Crippen LogP contribution in [0, 0.1) is 6.92 Å². The Morgan fingerprint density at radius 2 is 1.82 bits per heavy atom. The molecule has 6 heteroatoms. The number of hydrogen-bond acceptors (Lipinski definition) is 5. The molecule has 0 atom stereocenters. The van der Waals surface area contributed by atoms with Crippen LogP contribution in [0.1, 0.15) is 5.82 Å². The fourth-order valence-electron chi connectivity index (χ4n) is 3.64. The first kappa shape index (κ1) is 18.7. The van der Waals surface area contributed by atoms with Crippen molar-refractivity contribution in [3.63, 3.8) is 0 Å². The molecular formula is C22H28N6. The molecule has 1 aromatic carbocycles. The van der Waals surface area contributed by atoms with Crippen LogP contribution in [-0.2, 0) is 7.05 Å². The van der Waals surface area contributed by atoms with E-state index >= 15 is 0 Å². The molecule has 0 aliphatic carbocycles. The van der Waals surface area contributed by atoms with Gasteiger partial charge in [-0.05, 0) is 31.5 Å².